The number of fused-ring (bicyclic) bond motifs is 1. The number of aromatic nitrogens is 4. The summed E-state index contributed by atoms with van der Waals surface area (Å²) in [6.45, 7) is 2.41. The smallest absolute Gasteiger partial charge is 0.235 e. The van der Waals surface area contributed by atoms with Crippen molar-refractivity contribution in [1.82, 2.24) is 19.8 Å². The van der Waals surface area contributed by atoms with Crippen molar-refractivity contribution in [3.8, 4) is 28.6 Å². The first-order valence-electron chi connectivity index (χ1n) is 8.31. The summed E-state index contributed by atoms with van der Waals surface area (Å²) in [4.78, 5) is 0.711. The number of nitrogens with zero attached hydrogens (tertiary/aromatic N) is 4. The summed E-state index contributed by atoms with van der Waals surface area (Å²) in [5, 5.41) is 13.9. The Kier molecular flexibility index (Phi) is 4.64. The Labute approximate surface area is 160 Å². The zero-order chi connectivity index (χ0) is 18.8. The molecule has 0 bridgehead atoms. The van der Waals surface area contributed by atoms with Crippen LogP contribution in [-0.4, -0.2) is 34.0 Å². The van der Waals surface area contributed by atoms with E-state index in [1.807, 2.05) is 49.4 Å². The molecule has 2 aromatic heterocycles. The Bertz CT molecular complexity index is 1090. The fraction of sp³-hybridized carbons (Fsp3) is 0.211. The van der Waals surface area contributed by atoms with E-state index >= 15 is 0 Å². The predicted octanol–water partition coefficient (Wildman–Crippen LogP) is 3.76. The maximum Gasteiger partial charge on any atom is 0.235 e. The van der Waals surface area contributed by atoms with E-state index in [2.05, 4.69) is 15.3 Å². The normalized spacial score (nSPS) is 10.9. The molecule has 0 amide bonds. The molecule has 0 aliphatic carbocycles. The van der Waals surface area contributed by atoms with Crippen molar-refractivity contribution >= 4 is 16.3 Å². The number of benzene rings is 2. The van der Waals surface area contributed by atoms with Gasteiger partial charge in [-0.15, -0.1) is 10.2 Å². The standard InChI is InChI=1S/C19H18N4O3S/c1-12-5-4-6-14(9-12)26-11-17-22-23-18(20-21-19(23)27-17)13-7-8-15(24-2)16(10-13)25-3/h4-10H,11H2,1-3H3. The molecule has 27 heavy (non-hydrogen) atoms. The van der Waals surface area contributed by atoms with Crippen LogP contribution in [0.25, 0.3) is 16.3 Å². The molecule has 0 aliphatic rings. The van der Waals surface area contributed by atoms with Gasteiger partial charge in [0, 0.05) is 5.56 Å². The fourth-order valence-corrected chi connectivity index (χ4v) is 3.47. The van der Waals surface area contributed by atoms with Gasteiger partial charge in [0.25, 0.3) is 0 Å². The van der Waals surface area contributed by atoms with Crippen molar-refractivity contribution in [1.29, 1.82) is 0 Å². The number of methoxy groups -OCH3 is 2. The zero-order valence-electron chi connectivity index (χ0n) is 15.2. The third kappa shape index (κ3) is 3.43. The van der Waals surface area contributed by atoms with E-state index in [1.54, 1.807) is 18.7 Å². The zero-order valence-corrected chi connectivity index (χ0v) is 16.0. The molecule has 0 fully saturated rings. The summed E-state index contributed by atoms with van der Waals surface area (Å²) in [5.74, 6) is 2.75. The van der Waals surface area contributed by atoms with E-state index in [1.165, 1.54) is 11.3 Å². The van der Waals surface area contributed by atoms with Crippen LogP contribution in [0, 0.1) is 6.92 Å². The first-order chi connectivity index (χ1) is 13.2. The molecule has 0 radical (unpaired) electrons. The minimum absolute atomic E-state index is 0.378. The van der Waals surface area contributed by atoms with Gasteiger partial charge in [0.1, 0.15) is 12.4 Å². The second-order valence-electron chi connectivity index (χ2n) is 5.89. The Balaban J connectivity index is 1.60. The van der Waals surface area contributed by atoms with Gasteiger partial charge in [0.05, 0.1) is 14.2 Å². The van der Waals surface area contributed by atoms with Gasteiger partial charge >= 0.3 is 0 Å². The van der Waals surface area contributed by atoms with Crippen LogP contribution in [-0.2, 0) is 6.61 Å². The highest BCUT2D eigenvalue weighted by Crippen LogP contribution is 2.32. The molecule has 0 saturated heterocycles. The van der Waals surface area contributed by atoms with Crippen LogP contribution >= 0.6 is 11.3 Å². The molecule has 2 aromatic carbocycles. The Morgan fingerprint density at radius 1 is 1.00 bits per heavy atom. The summed E-state index contributed by atoms with van der Waals surface area (Å²) in [6.07, 6.45) is 0. The number of aryl methyl sites for hydroxylation is 1. The summed E-state index contributed by atoms with van der Waals surface area (Å²) < 4.78 is 18.2. The molecule has 138 valence electrons. The first-order valence-corrected chi connectivity index (χ1v) is 9.12. The third-order valence-electron chi connectivity index (χ3n) is 4.03. The molecule has 0 N–H and O–H groups in total. The molecule has 8 heteroatoms. The lowest BCUT2D eigenvalue weighted by Crippen LogP contribution is -1.98. The monoisotopic (exact) mass is 382 g/mol. The SMILES string of the molecule is COc1ccc(-c2nnc3sc(COc4cccc(C)c4)nn23)cc1OC. The van der Waals surface area contributed by atoms with E-state index in [9.17, 15) is 0 Å². The molecular weight excluding hydrogens is 364 g/mol. The molecule has 0 unspecified atom stereocenters. The van der Waals surface area contributed by atoms with Gasteiger partial charge in [-0.1, -0.05) is 23.5 Å². The average Bonchev–Trinajstić information content (AvgIpc) is 3.26. The highest BCUT2D eigenvalue weighted by Gasteiger charge is 2.15. The first kappa shape index (κ1) is 17.3. The van der Waals surface area contributed by atoms with Crippen LogP contribution in [0.3, 0.4) is 0 Å². The highest BCUT2D eigenvalue weighted by atomic mass is 32.1. The highest BCUT2D eigenvalue weighted by molar-refractivity contribution is 7.16. The van der Waals surface area contributed by atoms with E-state index in [4.69, 9.17) is 14.2 Å². The van der Waals surface area contributed by atoms with E-state index < -0.39 is 0 Å². The van der Waals surface area contributed by atoms with Gasteiger partial charge in [0.15, 0.2) is 22.3 Å². The summed E-state index contributed by atoms with van der Waals surface area (Å²) in [6, 6.07) is 13.5. The minimum Gasteiger partial charge on any atom is -0.493 e. The van der Waals surface area contributed by atoms with E-state index in [0.29, 0.717) is 28.9 Å². The minimum atomic E-state index is 0.378. The predicted molar refractivity (Wildman–Crippen MR) is 103 cm³/mol. The van der Waals surface area contributed by atoms with Crippen LogP contribution in [0.2, 0.25) is 0 Å². The second-order valence-corrected chi connectivity index (χ2v) is 6.93. The van der Waals surface area contributed by atoms with Gasteiger partial charge < -0.3 is 14.2 Å². The Morgan fingerprint density at radius 2 is 1.85 bits per heavy atom. The summed E-state index contributed by atoms with van der Waals surface area (Å²) in [7, 11) is 3.21. The molecule has 4 aromatic rings. The van der Waals surface area contributed by atoms with Crippen LogP contribution in [0.4, 0.5) is 0 Å². The molecule has 0 atom stereocenters. The van der Waals surface area contributed by atoms with Crippen molar-refractivity contribution in [2.24, 2.45) is 0 Å². The molecular formula is C19H18N4O3S. The Hall–Kier alpha value is -3.13. The number of ether oxygens (including phenoxy) is 3. The van der Waals surface area contributed by atoms with Gasteiger partial charge in [0.2, 0.25) is 4.96 Å². The molecule has 0 saturated carbocycles. The van der Waals surface area contributed by atoms with Gasteiger partial charge in [-0.2, -0.15) is 9.61 Å². The lowest BCUT2D eigenvalue weighted by molar-refractivity contribution is 0.304. The maximum absolute atomic E-state index is 5.83. The second kappa shape index (κ2) is 7.24. The summed E-state index contributed by atoms with van der Waals surface area (Å²) >= 11 is 1.45. The lowest BCUT2D eigenvalue weighted by atomic mass is 10.2. The van der Waals surface area contributed by atoms with E-state index in [-0.39, 0.29) is 0 Å². The number of rotatable bonds is 6. The van der Waals surface area contributed by atoms with E-state index in [0.717, 1.165) is 21.9 Å². The van der Waals surface area contributed by atoms with Gasteiger partial charge in [-0.25, -0.2) is 0 Å². The fourth-order valence-electron chi connectivity index (χ4n) is 2.72. The number of hydrogen-bond donors (Lipinski definition) is 0. The van der Waals surface area contributed by atoms with Crippen LogP contribution in [0.5, 0.6) is 17.2 Å². The van der Waals surface area contributed by atoms with Crippen molar-refractivity contribution in [2.45, 2.75) is 13.5 Å². The van der Waals surface area contributed by atoms with Crippen molar-refractivity contribution in [3.05, 3.63) is 53.0 Å². The van der Waals surface area contributed by atoms with Crippen LogP contribution in [0.1, 0.15) is 10.6 Å². The summed E-state index contributed by atoms with van der Waals surface area (Å²) in [5.41, 5.74) is 2.00. The average molecular weight is 382 g/mol. The lowest BCUT2D eigenvalue weighted by Gasteiger charge is -2.08. The maximum atomic E-state index is 5.83. The van der Waals surface area contributed by atoms with Gasteiger partial charge in [-0.3, -0.25) is 0 Å². The molecule has 7 nitrogen and oxygen atoms in total. The molecule has 0 aliphatic heterocycles. The molecule has 2 heterocycles. The van der Waals surface area contributed by atoms with Crippen LogP contribution in [0.15, 0.2) is 42.5 Å². The van der Waals surface area contributed by atoms with Crippen molar-refractivity contribution in [3.63, 3.8) is 0 Å². The largest absolute Gasteiger partial charge is 0.493 e. The molecule has 4 rings (SSSR count). The molecule has 0 spiro atoms. The quantitative estimate of drug-likeness (QED) is 0.506. The van der Waals surface area contributed by atoms with Crippen LogP contribution < -0.4 is 14.2 Å². The Morgan fingerprint density at radius 3 is 2.63 bits per heavy atom. The van der Waals surface area contributed by atoms with Crippen molar-refractivity contribution < 1.29 is 14.2 Å². The third-order valence-corrected chi connectivity index (χ3v) is 4.90. The van der Waals surface area contributed by atoms with Gasteiger partial charge in [-0.05, 0) is 42.8 Å². The topological polar surface area (TPSA) is 70.8 Å². The van der Waals surface area contributed by atoms with Crippen molar-refractivity contribution in [2.75, 3.05) is 14.2 Å². The number of hydrogen-bond acceptors (Lipinski definition) is 7.